The first-order valence-corrected chi connectivity index (χ1v) is 22.1. The Labute approximate surface area is 370 Å². The fourth-order valence-corrected chi connectivity index (χ4v) is 8.31. The van der Waals surface area contributed by atoms with E-state index in [1.165, 1.54) is 16.7 Å². The van der Waals surface area contributed by atoms with E-state index in [4.69, 9.17) is 9.97 Å². The van der Waals surface area contributed by atoms with Gasteiger partial charge in [-0.15, -0.1) is 0 Å². The third-order valence-corrected chi connectivity index (χ3v) is 12.0. The van der Waals surface area contributed by atoms with Crippen molar-refractivity contribution in [1.82, 2.24) is 39.0 Å². The Morgan fingerprint density at radius 1 is 0.500 bits per heavy atom. The minimum Gasteiger partial charge on any atom is -0.362 e. The molecule has 0 aliphatic carbocycles. The first-order valence-electron chi connectivity index (χ1n) is 20.6. The van der Waals surface area contributed by atoms with E-state index in [0.717, 1.165) is 33.7 Å². The third-order valence-electron chi connectivity index (χ3n) is 10.6. The summed E-state index contributed by atoms with van der Waals surface area (Å²) in [7, 11) is -3.68. The van der Waals surface area contributed by atoms with E-state index in [2.05, 4.69) is 110 Å². The topological polar surface area (TPSA) is 157 Å². The van der Waals surface area contributed by atoms with Gasteiger partial charge in [-0.3, -0.25) is 23.8 Å². The average molecular weight is 862 g/mol. The molecule has 316 valence electrons. The molecule has 0 saturated carbocycles. The molecule has 4 heterocycles. The number of para-hydroxylation sites is 2. The highest BCUT2D eigenvalue weighted by molar-refractivity contribution is 7.92. The van der Waals surface area contributed by atoms with Crippen LogP contribution in [0.3, 0.4) is 0 Å². The summed E-state index contributed by atoms with van der Waals surface area (Å²) in [5, 5.41) is 6.84. The van der Waals surface area contributed by atoms with Crippen LogP contribution in [-0.2, 0) is 10.0 Å². The van der Waals surface area contributed by atoms with Crippen LogP contribution >= 0.6 is 0 Å². The number of anilines is 3. The summed E-state index contributed by atoms with van der Waals surface area (Å²) in [4.78, 5) is 27.2. The largest absolute Gasteiger partial charge is 0.362 e. The molecule has 0 saturated heterocycles. The molecule has 0 radical (unpaired) electrons. The van der Waals surface area contributed by atoms with Gasteiger partial charge < -0.3 is 10.6 Å². The van der Waals surface area contributed by atoms with Gasteiger partial charge in [0.15, 0.2) is 11.6 Å². The van der Waals surface area contributed by atoms with Gasteiger partial charge in [-0.2, -0.15) is 0 Å². The Morgan fingerprint density at radius 2 is 1.00 bits per heavy atom. The van der Waals surface area contributed by atoms with Crippen LogP contribution in [0.4, 0.5) is 17.3 Å². The SMILES string of the molecule is C[C@H](Nc1cncc(-n2cnc3cc(NS(=O)(=O)c4ccccc4)ccc32)n1)c1ccccc1.C[C@H](Nc1cncc(-n2cnc3ccccc32)n1)c1ccc(-c2ccccc2)cc1. The zero-order chi connectivity index (χ0) is 43.9. The lowest BCUT2D eigenvalue weighted by molar-refractivity contribution is 0.601. The lowest BCUT2D eigenvalue weighted by Crippen LogP contribution is -2.12. The Morgan fingerprint density at radius 3 is 1.62 bits per heavy atom. The Bertz CT molecular complexity index is 3250. The van der Waals surface area contributed by atoms with E-state index in [1.807, 2.05) is 57.7 Å². The van der Waals surface area contributed by atoms with Crippen molar-refractivity contribution in [3.8, 4) is 22.8 Å². The molecule has 0 spiro atoms. The maximum Gasteiger partial charge on any atom is 0.261 e. The quantitative estimate of drug-likeness (QED) is 0.108. The van der Waals surface area contributed by atoms with Crippen molar-refractivity contribution in [3.05, 3.63) is 206 Å². The average Bonchev–Trinajstić information content (AvgIpc) is 3.98. The molecule has 4 aromatic heterocycles. The van der Waals surface area contributed by atoms with Crippen molar-refractivity contribution in [3.63, 3.8) is 0 Å². The normalized spacial score (nSPS) is 12.2. The smallest absolute Gasteiger partial charge is 0.261 e. The van der Waals surface area contributed by atoms with Gasteiger partial charge >= 0.3 is 0 Å². The fraction of sp³-hybridized carbons (Fsp3) is 0.0800. The first kappa shape index (κ1) is 41.1. The Hall–Kier alpha value is -8.23. The molecule has 0 aliphatic rings. The molecule has 10 aromatic rings. The van der Waals surface area contributed by atoms with Crippen molar-refractivity contribution in [2.45, 2.75) is 30.8 Å². The third kappa shape index (κ3) is 9.32. The van der Waals surface area contributed by atoms with Crippen LogP contribution in [0.5, 0.6) is 0 Å². The van der Waals surface area contributed by atoms with E-state index >= 15 is 0 Å². The zero-order valence-corrected chi connectivity index (χ0v) is 35.7. The fourth-order valence-electron chi connectivity index (χ4n) is 7.24. The molecule has 6 aromatic carbocycles. The molecule has 0 fully saturated rings. The van der Waals surface area contributed by atoms with Gasteiger partial charge in [0.2, 0.25) is 0 Å². The van der Waals surface area contributed by atoms with Crippen LogP contribution in [0, 0.1) is 0 Å². The molecule has 13 nitrogen and oxygen atoms in total. The van der Waals surface area contributed by atoms with Crippen LogP contribution < -0.4 is 15.4 Å². The number of hydrogen-bond acceptors (Lipinski definition) is 10. The number of benzene rings is 6. The summed E-state index contributed by atoms with van der Waals surface area (Å²) in [6.07, 6.45) is 10.3. The maximum absolute atomic E-state index is 12.6. The Balaban J connectivity index is 0.000000163. The van der Waals surface area contributed by atoms with Gasteiger partial charge in [-0.05, 0) is 78.6 Å². The predicted molar refractivity (Wildman–Crippen MR) is 253 cm³/mol. The standard InChI is InChI=1S/C25H22N6O2S.C25H21N5/c1-18(19-8-4-2-5-9-19)28-24-15-26-16-25(29-24)31-17-27-22-14-20(12-13-23(22)31)30-34(32,33)21-10-6-3-7-11-21;1-18(19-11-13-21(14-12-19)20-7-3-2-4-8-20)28-24-15-26-16-25(29-24)30-17-27-22-9-5-6-10-23(22)30/h2-18,30H,1H3,(H,28,29);2-18H,1H3,(H,28,29)/t2*18-/m00/s1. The van der Waals surface area contributed by atoms with E-state index in [0.29, 0.717) is 22.8 Å². The summed E-state index contributed by atoms with van der Waals surface area (Å²) in [6, 6.07) is 50.7. The maximum atomic E-state index is 12.6. The van der Waals surface area contributed by atoms with Crippen molar-refractivity contribution in [2.24, 2.45) is 0 Å². The second-order valence-electron chi connectivity index (χ2n) is 15.0. The molecule has 3 N–H and O–H groups in total. The van der Waals surface area contributed by atoms with E-state index in [-0.39, 0.29) is 17.0 Å². The molecule has 14 heteroatoms. The lowest BCUT2D eigenvalue weighted by Gasteiger charge is -2.16. The summed E-state index contributed by atoms with van der Waals surface area (Å²) in [6.45, 7) is 4.19. The number of imidazole rings is 2. The van der Waals surface area contributed by atoms with E-state index in [9.17, 15) is 8.42 Å². The van der Waals surface area contributed by atoms with Crippen molar-refractivity contribution >= 4 is 49.4 Å². The summed E-state index contributed by atoms with van der Waals surface area (Å²) < 4.78 is 31.6. The predicted octanol–water partition coefficient (Wildman–Crippen LogP) is 10.4. The molecule has 0 amide bonds. The molecule has 2 atom stereocenters. The number of hydrogen-bond donors (Lipinski definition) is 3. The summed E-state index contributed by atoms with van der Waals surface area (Å²) in [5.41, 5.74) is 8.55. The number of nitrogens with one attached hydrogen (secondary N) is 3. The highest BCUT2D eigenvalue weighted by Crippen LogP contribution is 2.26. The minimum atomic E-state index is -3.68. The summed E-state index contributed by atoms with van der Waals surface area (Å²) >= 11 is 0. The van der Waals surface area contributed by atoms with Gasteiger partial charge in [-0.25, -0.2) is 28.4 Å². The Kier molecular flexibility index (Phi) is 11.8. The second kappa shape index (κ2) is 18.4. The monoisotopic (exact) mass is 861 g/mol. The molecule has 10 rings (SSSR count). The van der Waals surface area contributed by atoms with Crippen molar-refractivity contribution < 1.29 is 8.42 Å². The van der Waals surface area contributed by atoms with E-state index < -0.39 is 10.0 Å². The molecule has 0 unspecified atom stereocenters. The number of rotatable bonds is 12. The zero-order valence-electron chi connectivity index (χ0n) is 34.9. The van der Waals surface area contributed by atoms with E-state index in [1.54, 1.807) is 86.0 Å². The molecular formula is C50H43N11O2S. The second-order valence-corrected chi connectivity index (χ2v) is 16.7. The van der Waals surface area contributed by atoms with Crippen LogP contribution in [0.2, 0.25) is 0 Å². The van der Waals surface area contributed by atoms with Gasteiger partial charge in [0.25, 0.3) is 10.0 Å². The molecular weight excluding hydrogens is 819 g/mol. The highest BCUT2D eigenvalue weighted by Gasteiger charge is 2.16. The number of nitrogens with zero attached hydrogens (tertiary/aromatic N) is 8. The minimum absolute atomic E-state index is 0.0606. The van der Waals surface area contributed by atoms with Crippen molar-refractivity contribution in [2.75, 3.05) is 15.4 Å². The van der Waals surface area contributed by atoms with Crippen LogP contribution in [0.15, 0.2) is 200 Å². The van der Waals surface area contributed by atoms with Crippen LogP contribution in [-0.4, -0.2) is 47.5 Å². The highest BCUT2D eigenvalue weighted by atomic mass is 32.2. The number of aromatic nitrogens is 8. The van der Waals surface area contributed by atoms with Gasteiger partial charge in [0.1, 0.15) is 24.3 Å². The summed E-state index contributed by atoms with van der Waals surface area (Å²) in [5.74, 6) is 2.71. The van der Waals surface area contributed by atoms with Crippen molar-refractivity contribution in [1.29, 1.82) is 0 Å². The van der Waals surface area contributed by atoms with Gasteiger partial charge in [0.05, 0.1) is 57.4 Å². The van der Waals surface area contributed by atoms with Crippen LogP contribution in [0.1, 0.15) is 37.1 Å². The molecule has 0 aliphatic heterocycles. The lowest BCUT2D eigenvalue weighted by atomic mass is 10.0. The van der Waals surface area contributed by atoms with Gasteiger partial charge in [-0.1, -0.05) is 115 Å². The number of fused-ring (bicyclic) bond motifs is 2. The number of sulfonamides is 1. The van der Waals surface area contributed by atoms with Gasteiger partial charge in [0, 0.05) is 12.1 Å². The molecule has 64 heavy (non-hydrogen) atoms. The van der Waals surface area contributed by atoms with Crippen LogP contribution in [0.25, 0.3) is 44.8 Å². The molecule has 0 bridgehead atoms. The first-order chi connectivity index (χ1) is 31.3.